The summed E-state index contributed by atoms with van der Waals surface area (Å²) in [5.41, 5.74) is 3.14. The van der Waals surface area contributed by atoms with Gasteiger partial charge in [0.05, 0.1) is 16.9 Å². The zero-order valence-corrected chi connectivity index (χ0v) is 8.99. The van der Waals surface area contributed by atoms with Crippen LogP contribution < -0.4 is 0 Å². The van der Waals surface area contributed by atoms with Gasteiger partial charge in [-0.25, -0.2) is 4.98 Å². The molecule has 0 fully saturated rings. The van der Waals surface area contributed by atoms with Crippen molar-refractivity contribution in [2.45, 2.75) is 0 Å². The maximum absolute atomic E-state index is 5.99. The van der Waals surface area contributed by atoms with E-state index in [1.54, 1.807) is 0 Å². The van der Waals surface area contributed by atoms with Gasteiger partial charge in [0.25, 0.3) is 0 Å². The van der Waals surface area contributed by atoms with Crippen LogP contribution in [0.5, 0.6) is 0 Å². The van der Waals surface area contributed by atoms with Crippen molar-refractivity contribution in [3.05, 3.63) is 41.6 Å². The van der Waals surface area contributed by atoms with E-state index in [9.17, 15) is 0 Å². The van der Waals surface area contributed by atoms with Crippen molar-refractivity contribution in [2.24, 2.45) is 7.05 Å². The Balaban J connectivity index is 2.54. The fourth-order valence-electron chi connectivity index (χ4n) is 1.94. The van der Waals surface area contributed by atoms with Crippen molar-refractivity contribution in [1.82, 2.24) is 9.55 Å². The van der Waals surface area contributed by atoms with Crippen LogP contribution in [0.15, 0.2) is 36.5 Å². The predicted octanol–water partition coefficient (Wildman–Crippen LogP) is 3.33. The second-order valence-corrected chi connectivity index (χ2v) is 4.06. The topological polar surface area (TPSA) is 17.8 Å². The summed E-state index contributed by atoms with van der Waals surface area (Å²) < 4.78 is 2.07. The number of fused-ring (bicyclic) bond motifs is 3. The van der Waals surface area contributed by atoms with Crippen molar-refractivity contribution in [1.29, 1.82) is 0 Å². The summed E-state index contributed by atoms with van der Waals surface area (Å²) in [5.74, 6) is 0. The zero-order chi connectivity index (χ0) is 10.4. The molecule has 2 aliphatic rings. The van der Waals surface area contributed by atoms with E-state index in [0.29, 0.717) is 0 Å². The predicted molar refractivity (Wildman–Crippen MR) is 62.3 cm³/mol. The molecule has 0 unspecified atom stereocenters. The molecule has 0 amide bonds. The molecule has 15 heavy (non-hydrogen) atoms. The molecule has 1 aromatic rings. The molecule has 0 bridgehead atoms. The van der Waals surface area contributed by atoms with Gasteiger partial charge in [0, 0.05) is 23.7 Å². The van der Waals surface area contributed by atoms with Gasteiger partial charge < -0.3 is 4.57 Å². The molecule has 0 spiro atoms. The third kappa shape index (κ3) is 1.22. The molecule has 0 N–H and O–H groups in total. The van der Waals surface area contributed by atoms with Crippen molar-refractivity contribution in [2.75, 3.05) is 0 Å². The van der Waals surface area contributed by atoms with Gasteiger partial charge in [0.2, 0.25) is 0 Å². The quantitative estimate of drug-likeness (QED) is 0.564. The molecule has 0 aliphatic carbocycles. The number of halogens is 1. The van der Waals surface area contributed by atoms with Gasteiger partial charge in [-0.3, -0.25) is 0 Å². The number of aryl methyl sites for hydroxylation is 1. The largest absolute Gasteiger partial charge is 0.349 e. The van der Waals surface area contributed by atoms with E-state index in [2.05, 4.69) is 9.55 Å². The molecule has 0 saturated carbocycles. The summed E-state index contributed by atoms with van der Waals surface area (Å²) in [4.78, 5) is 4.54. The smallest absolute Gasteiger partial charge is 0.0881 e. The maximum Gasteiger partial charge on any atom is 0.0881 e. The number of pyridine rings is 1. The molecular formula is C12H9ClN2. The average Bonchev–Trinajstić information content (AvgIpc) is 2.57. The summed E-state index contributed by atoms with van der Waals surface area (Å²) >= 11 is 5.99. The Kier molecular flexibility index (Phi) is 1.73. The normalized spacial score (nSPS) is 11.3. The third-order valence-corrected chi connectivity index (χ3v) is 2.85. The fourth-order valence-corrected chi connectivity index (χ4v) is 2.11. The van der Waals surface area contributed by atoms with Crippen LogP contribution in [0.4, 0.5) is 0 Å². The molecular weight excluding hydrogens is 208 g/mol. The first-order valence-corrected chi connectivity index (χ1v) is 5.14. The summed E-state index contributed by atoms with van der Waals surface area (Å²) in [6.45, 7) is 0. The van der Waals surface area contributed by atoms with Crippen LogP contribution in [0.25, 0.3) is 22.3 Å². The molecule has 0 radical (unpaired) electrons. The number of nitrogens with zero attached hydrogens (tertiary/aromatic N) is 2. The molecule has 3 rings (SSSR count). The van der Waals surface area contributed by atoms with E-state index in [1.165, 1.54) is 0 Å². The Morgan fingerprint density at radius 3 is 3.00 bits per heavy atom. The molecule has 1 aromatic carbocycles. The van der Waals surface area contributed by atoms with Crippen molar-refractivity contribution < 1.29 is 0 Å². The minimum absolute atomic E-state index is 0.751. The van der Waals surface area contributed by atoms with Crippen LogP contribution in [0.3, 0.4) is 0 Å². The molecule has 2 heterocycles. The SMILES string of the molecule is Cn1cccc2nc3ccc(Cl)cc3c1-2. The van der Waals surface area contributed by atoms with Gasteiger partial charge in [-0.2, -0.15) is 0 Å². The molecule has 74 valence electrons. The van der Waals surface area contributed by atoms with E-state index in [1.807, 2.05) is 43.6 Å². The third-order valence-electron chi connectivity index (χ3n) is 2.61. The summed E-state index contributed by atoms with van der Waals surface area (Å²) in [6, 6.07) is 9.80. The highest BCUT2D eigenvalue weighted by Crippen LogP contribution is 2.31. The second-order valence-electron chi connectivity index (χ2n) is 3.63. The lowest BCUT2D eigenvalue weighted by atomic mass is 10.2. The zero-order valence-electron chi connectivity index (χ0n) is 8.24. The van der Waals surface area contributed by atoms with Crippen LogP contribution in [-0.4, -0.2) is 9.55 Å². The number of aromatic nitrogens is 2. The lowest BCUT2D eigenvalue weighted by molar-refractivity contribution is 0.918. The van der Waals surface area contributed by atoms with Gasteiger partial charge in [0.15, 0.2) is 0 Å². The standard InChI is InChI=1S/C12H9ClN2/c1-15-6-2-3-11-12(15)9-7-8(13)4-5-10(9)14-11/h2-7H,1H3. The van der Waals surface area contributed by atoms with Gasteiger partial charge in [-0.05, 0) is 30.3 Å². The summed E-state index contributed by atoms with van der Waals surface area (Å²) in [7, 11) is 2.02. The Morgan fingerprint density at radius 1 is 1.27 bits per heavy atom. The molecule has 2 aliphatic heterocycles. The van der Waals surface area contributed by atoms with Gasteiger partial charge in [-0.15, -0.1) is 0 Å². The summed E-state index contributed by atoms with van der Waals surface area (Å²) in [6.07, 6.45) is 2.02. The minimum Gasteiger partial charge on any atom is -0.349 e. The van der Waals surface area contributed by atoms with Gasteiger partial charge >= 0.3 is 0 Å². The number of benzene rings is 1. The fraction of sp³-hybridized carbons (Fsp3) is 0.0833. The number of hydrogen-bond donors (Lipinski definition) is 0. The first-order chi connectivity index (χ1) is 7.25. The van der Waals surface area contributed by atoms with Crippen LogP contribution in [0, 0.1) is 0 Å². The molecule has 0 atom stereocenters. The molecule has 2 nitrogen and oxygen atoms in total. The Bertz CT molecular complexity index is 612. The van der Waals surface area contributed by atoms with E-state index < -0.39 is 0 Å². The highest BCUT2D eigenvalue weighted by atomic mass is 35.5. The maximum atomic E-state index is 5.99. The highest BCUT2D eigenvalue weighted by molar-refractivity contribution is 6.31. The Labute approximate surface area is 92.5 Å². The van der Waals surface area contributed by atoms with Crippen LogP contribution >= 0.6 is 11.6 Å². The van der Waals surface area contributed by atoms with Gasteiger partial charge in [0.1, 0.15) is 0 Å². The monoisotopic (exact) mass is 216 g/mol. The summed E-state index contributed by atoms with van der Waals surface area (Å²) in [5, 5.41) is 1.86. The molecule has 0 saturated heterocycles. The molecule has 0 aromatic heterocycles. The van der Waals surface area contributed by atoms with Gasteiger partial charge in [-0.1, -0.05) is 11.6 Å². The van der Waals surface area contributed by atoms with E-state index in [0.717, 1.165) is 27.3 Å². The van der Waals surface area contributed by atoms with Crippen LogP contribution in [0.1, 0.15) is 0 Å². The highest BCUT2D eigenvalue weighted by Gasteiger charge is 2.13. The average molecular weight is 217 g/mol. The van der Waals surface area contributed by atoms with Crippen molar-refractivity contribution in [3.8, 4) is 11.4 Å². The molecule has 3 heteroatoms. The minimum atomic E-state index is 0.751. The van der Waals surface area contributed by atoms with Crippen LogP contribution in [-0.2, 0) is 7.05 Å². The van der Waals surface area contributed by atoms with E-state index in [-0.39, 0.29) is 0 Å². The van der Waals surface area contributed by atoms with E-state index >= 15 is 0 Å². The van der Waals surface area contributed by atoms with Crippen molar-refractivity contribution in [3.63, 3.8) is 0 Å². The first-order valence-electron chi connectivity index (χ1n) is 4.76. The Morgan fingerprint density at radius 2 is 2.13 bits per heavy atom. The first kappa shape index (κ1) is 8.74. The Hall–Kier alpha value is -1.54. The van der Waals surface area contributed by atoms with Crippen LogP contribution in [0.2, 0.25) is 5.02 Å². The lowest BCUT2D eigenvalue weighted by Gasteiger charge is -2.05. The number of hydrogen-bond acceptors (Lipinski definition) is 1. The van der Waals surface area contributed by atoms with E-state index in [4.69, 9.17) is 11.6 Å². The van der Waals surface area contributed by atoms with Crippen molar-refractivity contribution >= 4 is 22.5 Å². The second kappa shape index (κ2) is 2.97. The lowest BCUT2D eigenvalue weighted by Crippen LogP contribution is -1.94. The number of rotatable bonds is 0.